The molecule has 5 rings (SSSR count). The summed E-state index contributed by atoms with van der Waals surface area (Å²) in [7, 11) is -3.15. The fourth-order valence-electron chi connectivity index (χ4n) is 5.40. The Hall–Kier alpha value is -2.52. The Balaban J connectivity index is 1.47. The second-order valence-corrected chi connectivity index (χ2v) is 11.9. The Labute approximate surface area is 202 Å². The zero-order valence-electron chi connectivity index (χ0n) is 20.4. The van der Waals surface area contributed by atoms with Gasteiger partial charge in [0.15, 0.2) is 0 Å². The summed E-state index contributed by atoms with van der Waals surface area (Å²) in [5, 5.41) is 0. The van der Waals surface area contributed by atoms with Crippen LogP contribution in [0.2, 0.25) is 0 Å². The first-order valence-corrected chi connectivity index (χ1v) is 14.0. The monoisotopic (exact) mass is 483 g/mol. The molecule has 34 heavy (non-hydrogen) atoms. The van der Waals surface area contributed by atoms with Crippen molar-refractivity contribution < 1.29 is 13.2 Å². The molecule has 0 N–H and O–H groups in total. The van der Waals surface area contributed by atoms with Gasteiger partial charge in [0.2, 0.25) is 15.9 Å². The summed E-state index contributed by atoms with van der Waals surface area (Å²) in [6.07, 6.45) is 10.6. The number of ether oxygens (including phenoxy) is 1. The number of nitrogens with zero attached hydrogens (tertiary/aromatic N) is 5. The molecule has 2 aromatic heterocycles. The predicted octanol–water partition coefficient (Wildman–Crippen LogP) is 3.32. The first-order chi connectivity index (χ1) is 16.2. The van der Waals surface area contributed by atoms with Gasteiger partial charge in [-0.05, 0) is 33.6 Å². The summed E-state index contributed by atoms with van der Waals surface area (Å²) < 4.78 is 31.5. The van der Waals surface area contributed by atoms with Gasteiger partial charge in [-0.2, -0.15) is 0 Å². The number of anilines is 1. The second kappa shape index (κ2) is 8.92. The molecule has 4 heterocycles. The van der Waals surface area contributed by atoms with Gasteiger partial charge in [0.05, 0.1) is 35.1 Å². The summed E-state index contributed by atoms with van der Waals surface area (Å²) in [5.41, 5.74) is 6.76. The molecule has 1 saturated heterocycles. The van der Waals surface area contributed by atoms with Crippen molar-refractivity contribution in [2.45, 2.75) is 71.1 Å². The molecule has 0 aromatic carbocycles. The van der Waals surface area contributed by atoms with Crippen LogP contribution in [0.3, 0.4) is 0 Å². The molecule has 1 aliphatic carbocycles. The van der Waals surface area contributed by atoms with Crippen LogP contribution in [0.5, 0.6) is 5.88 Å². The number of hydrogen-bond acceptors (Lipinski definition) is 7. The Morgan fingerprint density at radius 2 is 1.91 bits per heavy atom. The van der Waals surface area contributed by atoms with Crippen LogP contribution in [0.25, 0.3) is 6.08 Å². The van der Waals surface area contributed by atoms with E-state index in [1.807, 2.05) is 13.8 Å². The van der Waals surface area contributed by atoms with Crippen LogP contribution in [0.4, 0.5) is 5.69 Å². The molecule has 3 aliphatic rings. The lowest BCUT2D eigenvalue weighted by Crippen LogP contribution is -2.41. The molecule has 0 spiro atoms. The maximum atomic E-state index is 12.0. The normalized spacial score (nSPS) is 21.1. The van der Waals surface area contributed by atoms with E-state index in [9.17, 15) is 8.42 Å². The van der Waals surface area contributed by atoms with Gasteiger partial charge in [-0.3, -0.25) is 0 Å². The summed E-state index contributed by atoms with van der Waals surface area (Å²) in [6, 6.07) is 2.35. The lowest BCUT2D eigenvalue weighted by molar-refractivity contribution is 0.232. The van der Waals surface area contributed by atoms with Gasteiger partial charge in [-0.15, -0.1) is 0 Å². The van der Waals surface area contributed by atoms with Crippen LogP contribution in [-0.2, 0) is 29.4 Å². The first kappa shape index (κ1) is 23.2. The molecule has 0 radical (unpaired) electrons. The van der Waals surface area contributed by atoms with Crippen molar-refractivity contribution in [1.82, 2.24) is 19.3 Å². The molecule has 0 unspecified atom stereocenters. The second-order valence-electron chi connectivity index (χ2n) is 9.91. The van der Waals surface area contributed by atoms with E-state index >= 15 is 0 Å². The molecule has 182 valence electrons. The van der Waals surface area contributed by atoms with Crippen molar-refractivity contribution in [2.75, 3.05) is 24.2 Å². The minimum absolute atomic E-state index is 0.0603. The Kier molecular flexibility index (Phi) is 6.10. The highest BCUT2D eigenvalue weighted by atomic mass is 32.2. The van der Waals surface area contributed by atoms with E-state index in [1.54, 1.807) is 10.6 Å². The van der Waals surface area contributed by atoms with Crippen molar-refractivity contribution in [2.24, 2.45) is 0 Å². The largest absolute Gasteiger partial charge is 0.475 e. The van der Waals surface area contributed by atoms with Crippen LogP contribution in [0.15, 0.2) is 18.5 Å². The number of rotatable bonds is 5. The molecular weight excluding hydrogens is 450 g/mol. The summed E-state index contributed by atoms with van der Waals surface area (Å²) in [4.78, 5) is 16.6. The quantitative estimate of drug-likeness (QED) is 0.645. The van der Waals surface area contributed by atoms with Crippen molar-refractivity contribution in [3.8, 4) is 5.88 Å². The first-order valence-electron chi connectivity index (χ1n) is 12.1. The van der Waals surface area contributed by atoms with E-state index in [2.05, 4.69) is 35.0 Å². The van der Waals surface area contributed by atoms with Crippen LogP contribution in [0, 0.1) is 0 Å². The SMILES string of the molecule is CC(C)Oc1cc(N2Cc3c(ncnc3C3CCN(S(C)(=O)=O)CC3)C[C@H]2C)c2c(n1)CC=C2. The third-order valence-corrected chi connectivity index (χ3v) is 8.38. The summed E-state index contributed by atoms with van der Waals surface area (Å²) in [6.45, 7) is 8.09. The minimum atomic E-state index is -3.15. The van der Waals surface area contributed by atoms with Crippen LogP contribution in [-0.4, -0.2) is 59.2 Å². The number of sulfonamides is 1. The highest BCUT2D eigenvalue weighted by Crippen LogP contribution is 2.39. The molecule has 8 nitrogen and oxygen atoms in total. The average molecular weight is 484 g/mol. The maximum Gasteiger partial charge on any atom is 0.215 e. The van der Waals surface area contributed by atoms with Gasteiger partial charge < -0.3 is 9.64 Å². The molecule has 2 aliphatic heterocycles. The highest BCUT2D eigenvalue weighted by Gasteiger charge is 2.33. The fourth-order valence-corrected chi connectivity index (χ4v) is 6.27. The molecule has 0 bridgehead atoms. The van der Waals surface area contributed by atoms with Gasteiger partial charge in [0.25, 0.3) is 0 Å². The van der Waals surface area contributed by atoms with E-state index in [1.165, 1.54) is 17.4 Å². The number of hydrogen-bond donors (Lipinski definition) is 0. The van der Waals surface area contributed by atoms with E-state index in [0.29, 0.717) is 19.0 Å². The summed E-state index contributed by atoms with van der Waals surface area (Å²) in [5.74, 6) is 0.913. The third kappa shape index (κ3) is 4.43. The average Bonchev–Trinajstić information content (AvgIpc) is 3.25. The highest BCUT2D eigenvalue weighted by molar-refractivity contribution is 7.88. The Bertz CT molecular complexity index is 1220. The van der Waals surface area contributed by atoms with Gasteiger partial charge in [0, 0.05) is 61.6 Å². The van der Waals surface area contributed by atoms with E-state index in [0.717, 1.165) is 55.0 Å². The van der Waals surface area contributed by atoms with Crippen molar-refractivity contribution in [1.29, 1.82) is 0 Å². The van der Waals surface area contributed by atoms with E-state index in [4.69, 9.17) is 14.7 Å². The molecule has 9 heteroatoms. The molecule has 1 atom stereocenters. The standard InChI is InChI=1S/C25H33N5O3S/c1-16(2)33-24-13-23(19-6-5-7-21(19)28-24)30-14-20-22(12-17(30)3)26-15-27-25(20)18-8-10-29(11-9-18)34(4,31)32/h5-6,13,15-18H,7-12,14H2,1-4H3/t17-/m1/s1. The maximum absolute atomic E-state index is 12.0. The Morgan fingerprint density at radius 3 is 2.62 bits per heavy atom. The van der Waals surface area contributed by atoms with Gasteiger partial charge in [-0.1, -0.05) is 12.2 Å². The van der Waals surface area contributed by atoms with E-state index in [-0.39, 0.29) is 18.1 Å². The molecule has 0 amide bonds. The Morgan fingerprint density at radius 1 is 1.15 bits per heavy atom. The number of piperidine rings is 1. The lowest BCUT2D eigenvalue weighted by Gasteiger charge is -2.39. The van der Waals surface area contributed by atoms with Gasteiger partial charge >= 0.3 is 0 Å². The zero-order chi connectivity index (χ0) is 24.0. The molecule has 1 fully saturated rings. The van der Waals surface area contributed by atoms with Gasteiger partial charge in [0.1, 0.15) is 6.33 Å². The van der Waals surface area contributed by atoms with E-state index < -0.39 is 10.0 Å². The summed E-state index contributed by atoms with van der Waals surface area (Å²) >= 11 is 0. The molecule has 2 aromatic rings. The van der Waals surface area contributed by atoms with Crippen molar-refractivity contribution in [3.05, 3.63) is 46.7 Å². The van der Waals surface area contributed by atoms with Gasteiger partial charge in [-0.25, -0.2) is 27.7 Å². The predicted molar refractivity (Wildman–Crippen MR) is 133 cm³/mol. The molecule has 0 saturated carbocycles. The van der Waals surface area contributed by atoms with Crippen LogP contribution >= 0.6 is 0 Å². The number of aromatic nitrogens is 3. The number of fused-ring (bicyclic) bond motifs is 2. The number of pyridine rings is 1. The zero-order valence-corrected chi connectivity index (χ0v) is 21.2. The van der Waals surface area contributed by atoms with Crippen LogP contribution < -0.4 is 9.64 Å². The smallest absolute Gasteiger partial charge is 0.215 e. The minimum Gasteiger partial charge on any atom is -0.475 e. The van der Waals surface area contributed by atoms with Crippen molar-refractivity contribution >= 4 is 21.8 Å². The lowest BCUT2D eigenvalue weighted by atomic mass is 9.87. The third-order valence-electron chi connectivity index (χ3n) is 7.08. The molecular formula is C25H33N5O3S. The van der Waals surface area contributed by atoms with Crippen molar-refractivity contribution in [3.63, 3.8) is 0 Å². The van der Waals surface area contributed by atoms with Crippen LogP contribution in [0.1, 0.15) is 67.7 Å². The topological polar surface area (TPSA) is 88.5 Å². The number of allylic oxidation sites excluding steroid dienone is 1. The fraction of sp³-hybridized carbons (Fsp3) is 0.560.